The van der Waals surface area contributed by atoms with E-state index in [4.69, 9.17) is 4.74 Å². The number of carbonyl (C=O) groups is 3. The van der Waals surface area contributed by atoms with Gasteiger partial charge in [0, 0.05) is 6.92 Å². The predicted molar refractivity (Wildman–Crippen MR) is 68.1 cm³/mol. The first-order valence-corrected chi connectivity index (χ1v) is 5.84. The maximum Gasteiger partial charge on any atom is 0.338 e. The van der Waals surface area contributed by atoms with Gasteiger partial charge in [-0.1, -0.05) is 19.1 Å². The van der Waals surface area contributed by atoms with Crippen molar-refractivity contribution >= 4 is 17.8 Å². The second-order valence-electron chi connectivity index (χ2n) is 3.86. The molecular weight excluding hydrogens is 248 g/mol. The normalized spacial score (nSPS) is 9.58. The van der Waals surface area contributed by atoms with Crippen molar-refractivity contribution in [2.24, 2.45) is 0 Å². The molecule has 0 aliphatic heterocycles. The molecule has 2 amide bonds. The van der Waals surface area contributed by atoms with Gasteiger partial charge in [-0.05, 0) is 24.1 Å². The summed E-state index contributed by atoms with van der Waals surface area (Å²) < 4.78 is 4.79. The molecule has 0 bridgehead atoms. The van der Waals surface area contributed by atoms with Crippen LogP contribution in [0.25, 0.3) is 0 Å². The lowest BCUT2D eigenvalue weighted by Crippen LogP contribution is -2.42. The van der Waals surface area contributed by atoms with Crippen molar-refractivity contribution in [1.29, 1.82) is 0 Å². The molecule has 2 N–H and O–H groups in total. The zero-order valence-corrected chi connectivity index (χ0v) is 10.9. The van der Waals surface area contributed by atoms with Gasteiger partial charge in [0.15, 0.2) is 6.61 Å². The summed E-state index contributed by atoms with van der Waals surface area (Å²) in [7, 11) is 0. The van der Waals surface area contributed by atoms with Gasteiger partial charge in [-0.15, -0.1) is 0 Å². The number of hydrazine groups is 1. The third-order valence-corrected chi connectivity index (χ3v) is 2.31. The van der Waals surface area contributed by atoms with Crippen LogP contribution in [0.1, 0.15) is 29.8 Å². The number of carbonyl (C=O) groups excluding carboxylic acids is 3. The molecule has 6 heteroatoms. The van der Waals surface area contributed by atoms with E-state index in [1.165, 1.54) is 6.92 Å². The van der Waals surface area contributed by atoms with Crippen LogP contribution in [-0.2, 0) is 20.7 Å². The fraction of sp³-hybridized carbons (Fsp3) is 0.308. The predicted octanol–water partition coefficient (Wildman–Crippen LogP) is 0.573. The van der Waals surface area contributed by atoms with Crippen molar-refractivity contribution in [3.63, 3.8) is 0 Å². The summed E-state index contributed by atoms with van der Waals surface area (Å²) in [6, 6.07) is 6.95. The summed E-state index contributed by atoms with van der Waals surface area (Å²) in [5.74, 6) is -1.59. The molecule has 0 aromatic heterocycles. The van der Waals surface area contributed by atoms with E-state index in [1.807, 2.05) is 19.1 Å². The Bertz CT molecular complexity index is 468. The van der Waals surface area contributed by atoms with E-state index < -0.39 is 24.4 Å². The van der Waals surface area contributed by atoms with Gasteiger partial charge in [-0.3, -0.25) is 20.4 Å². The summed E-state index contributed by atoms with van der Waals surface area (Å²) in [6.07, 6.45) is 0.883. The molecule has 0 heterocycles. The second kappa shape index (κ2) is 7.15. The van der Waals surface area contributed by atoms with E-state index in [-0.39, 0.29) is 0 Å². The molecule has 0 fully saturated rings. The molecule has 1 rings (SSSR count). The van der Waals surface area contributed by atoms with E-state index in [0.29, 0.717) is 5.56 Å². The van der Waals surface area contributed by atoms with Crippen LogP contribution < -0.4 is 10.9 Å². The first kappa shape index (κ1) is 14.7. The van der Waals surface area contributed by atoms with Crippen LogP contribution in [0, 0.1) is 0 Å². The lowest BCUT2D eigenvalue weighted by molar-refractivity contribution is -0.129. The molecule has 6 nitrogen and oxygen atoms in total. The molecule has 0 unspecified atom stereocenters. The number of rotatable bonds is 4. The van der Waals surface area contributed by atoms with Crippen molar-refractivity contribution in [3.8, 4) is 0 Å². The number of hydrogen-bond acceptors (Lipinski definition) is 4. The van der Waals surface area contributed by atoms with Crippen LogP contribution in [0.4, 0.5) is 0 Å². The topological polar surface area (TPSA) is 84.5 Å². The van der Waals surface area contributed by atoms with Crippen molar-refractivity contribution in [2.45, 2.75) is 20.3 Å². The Labute approximate surface area is 111 Å². The molecule has 0 aliphatic carbocycles. The van der Waals surface area contributed by atoms with Crippen molar-refractivity contribution in [2.75, 3.05) is 6.61 Å². The quantitative estimate of drug-likeness (QED) is 0.615. The molecule has 0 saturated heterocycles. The average molecular weight is 264 g/mol. The van der Waals surface area contributed by atoms with Crippen molar-refractivity contribution in [3.05, 3.63) is 35.4 Å². The lowest BCUT2D eigenvalue weighted by atomic mass is 10.1. The van der Waals surface area contributed by atoms with Crippen LogP contribution in [0.3, 0.4) is 0 Å². The molecule has 0 atom stereocenters. The smallest absolute Gasteiger partial charge is 0.338 e. The Morgan fingerprint density at radius 1 is 1.11 bits per heavy atom. The highest BCUT2D eigenvalue weighted by molar-refractivity contribution is 5.91. The van der Waals surface area contributed by atoms with Gasteiger partial charge in [0.05, 0.1) is 5.56 Å². The van der Waals surface area contributed by atoms with Gasteiger partial charge in [0.1, 0.15) is 0 Å². The zero-order chi connectivity index (χ0) is 14.3. The Balaban J connectivity index is 2.42. The highest BCUT2D eigenvalue weighted by Gasteiger charge is 2.09. The summed E-state index contributed by atoms with van der Waals surface area (Å²) in [6.45, 7) is 2.82. The molecule has 0 aliphatic rings. The van der Waals surface area contributed by atoms with E-state index in [2.05, 4.69) is 10.9 Å². The minimum atomic E-state index is -0.603. The SMILES string of the molecule is CCc1ccc(C(=O)OCC(=O)NNC(C)=O)cc1. The minimum Gasteiger partial charge on any atom is -0.452 e. The maximum absolute atomic E-state index is 11.6. The van der Waals surface area contributed by atoms with Crippen LogP contribution in [0.5, 0.6) is 0 Å². The fourth-order valence-electron chi connectivity index (χ4n) is 1.28. The second-order valence-corrected chi connectivity index (χ2v) is 3.86. The molecular formula is C13H16N2O4. The molecule has 19 heavy (non-hydrogen) atoms. The minimum absolute atomic E-state index is 0.379. The Kier molecular flexibility index (Phi) is 5.53. The third kappa shape index (κ3) is 5.20. The van der Waals surface area contributed by atoms with Crippen LogP contribution >= 0.6 is 0 Å². The van der Waals surface area contributed by atoms with Crippen molar-refractivity contribution < 1.29 is 19.1 Å². The molecule has 0 spiro atoms. The number of benzene rings is 1. The van der Waals surface area contributed by atoms with Crippen molar-refractivity contribution in [1.82, 2.24) is 10.9 Å². The summed E-state index contributed by atoms with van der Waals surface area (Å²) in [5.41, 5.74) is 5.68. The van der Waals surface area contributed by atoms with Gasteiger partial charge in [0.2, 0.25) is 5.91 Å². The third-order valence-electron chi connectivity index (χ3n) is 2.31. The highest BCUT2D eigenvalue weighted by atomic mass is 16.5. The maximum atomic E-state index is 11.6. The fourth-order valence-corrected chi connectivity index (χ4v) is 1.28. The van der Waals surface area contributed by atoms with Gasteiger partial charge >= 0.3 is 5.97 Å². The summed E-state index contributed by atoms with van der Waals surface area (Å²) >= 11 is 0. The molecule has 0 saturated carbocycles. The first-order chi connectivity index (χ1) is 9.02. The lowest BCUT2D eigenvalue weighted by Gasteiger charge is -2.06. The molecule has 0 radical (unpaired) electrons. The summed E-state index contributed by atoms with van der Waals surface area (Å²) in [4.78, 5) is 33.3. The Morgan fingerprint density at radius 2 is 1.74 bits per heavy atom. The van der Waals surface area contributed by atoms with E-state index >= 15 is 0 Å². The number of amides is 2. The number of nitrogens with one attached hydrogen (secondary N) is 2. The highest BCUT2D eigenvalue weighted by Crippen LogP contribution is 2.06. The zero-order valence-electron chi connectivity index (χ0n) is 10.9. The number of hydrogen-bond donors (Lipinski definition) is 2. The van der Waals surface area contributed by atoms with Gasteiger partial charge in [0.25, 0.3) is 5.91 Å². The van der Waals surface area contributed by atoms with E-state index in [0.717, 1.165) is 12.0 Å². The molecule has 1 aromatic rings. The summed E-state index contributed by atoms with van der Waals surface area (Å²) in [5, 5.41) is 0. The number of esters is 1. The van der Waals surface area contributed by atoms with E-state index in [1.54, 1.807) is 12.1 Å². The average Bonchev–Trinajstić information content (AvgIpc) is 2.42. The van der Waals surface area contributed by atoms with E-state index in [9.17, 15) is 14.4 Å². The van der Waals surface area contributed by atoms with Gasteiger partial charge in [-0.25, -0.2) is 4.79 Å². The Morgan fingerprint density at radius 3 is 2.26 bits per heavy atom. The first-order valence-electron chi connectivity index (χ1n) is 5.84. The molecule has 1 aromatic carbocycles. The monoisotopic (exact) mass is 264 g/mol. The Hall–Kier alpha value is -2.37. The van der Waals surface area contributed by atoms with Crippen LogP contribution in [0.2, 0.25) is 0 Å². The van der Waals surface area contributed by atoms with Gasteiger partial charge in [-0.2, -0.15) is 0 Å². The largest absolute Gasteiger partial charge is 0.452 e. The number of aryl methyl sites for hydroxylation is 1. The van der Waals surface area contributed by atoms with Crippen LogP contribution in [-0.4, -0.2) is 24.4 Å². The van der Waals surface area contributed by atoms with Crippen LogP contribution in [0.15, 0.2) is 24.3 Å². The number of ether oxygens (including phenoxy) is 1. The van der Waals surface area contributed by atoms with Gasteiger partial charge < -0.3 is 4.74 Å². The molecule has 102 valence electrons. The standard InChI is InChI=1S/C13H16N2O4/c1-3-10-4-6-11(7-5-10)13(18)19-8-12(17)15-14-9(2)16/h4-7H,3,8H2,1-2H3,(H,14,16)(H,15,17).